The molecule has 10 aromatic rings. The Morgan fingerprint density at radius 3 is 1.92 bits per heavy atom. The number of rotatable bonds is 6. The van der Waals surface area contributed by atoms with E-state index in [0.717, 1.165) is 72.3 Å². The molecule has 51 heavy (non-hydrogen) atoms. The van der Waals surface area contributed by atoms with Crippen LogP contribution in [-0.2, 0) is 0 Å². The fraction of sp³-hybridized carbons (Fsp3) is 0. The van der Waals surface area contributed by atoms with E-state index in [9.17, 15) is 0 Å². The molecule has 0 spiro atoms. The largest absolute Gasteiger partial charge is 0.456 e. The van der Waals surface area contributed by atoms with Crippen LogP contribution in [0.4, 0.5) is 17.1 Å². The number of fused-ring (bicyclic) bond motifs is 5. The summed E-state index contributed by atoms with van der Waals surface area (Å²) in [5, 5.41) is 4.47. The Balaban J connectivity index is 1.18. The molecule has 240 valence electrons. The maximum atomic E-state index is 6.41. The first kappa shape index (κ1) is 29.0. The summed E-state index contributed by atoms with van der Waals surface area (Å²) >= 11 is 0. The maximum Gasteiger partial charge on any atom is 0.227 e. The topological polar surface area (TPSA) is 42.4 Å². The van der Waals surface area contributed by atoms with Crippen molar-refractivity contribution in [3.05, 3.63) is 182 Å². The molecule has 0 aliphatic carbocycles. The Morgan fingerprint density at radius 2 is 1.10 bits per heavy atom. The highest BCUT2D eigenvalue weighted by molar-refractivity contribution is 6.19. The summed E-state index contributed by atoms with van der Waals surface area (Å²) in [6.07, 6.45) is 0. The predicted octanol–water partition coefficient (Wildman–Crippen LogP) is 13.4. The van der Waals surface area contributed by atoms with Gasteiger partial charge in [-0.1, -0.05) is 127 Å². The lowest BCUT2D eigenvalue weighted by atomic mass is 9.97. The summed E-state index contributed by atoms with van der Waals surface area (Å²) in [5.41, 5.74) is 11.6. The van der Waals surface area contributed by atoms with Crippen LogP contribution in [0, 0.1) is 0 Å². The van der Waals surface area contributed by atoms with Gasteiger partial charge in [0.25, 0.3) is 0 Å². The standard InChI is InChI=1S/C47H30N2O2/c1-3-14-32(15-4-1)38-19-9-11-21-40(38)49(37-28-23-31-13-7-8-18-35(31)29-37)36-26-24-33(25-27-36)44-45-39-20-10-12-22-41(39)50-42(45)30-43-46(44)48-47(51-43)34-16-5-2-6-17-34/h1-30H. The Kier molecular flexibility index (Phi) is 6.78. The van der Waals surface area contributed by atoms with E-state index in [1.54, 1.807) is 0 Å². The molecule has 8 aromatic carbocycles. The molecule has 0 aliphatic heterocycles. The van der Waals surface area contributed by atoms with E-state index < -0.39 is 0 Å². The van der Waals surface area contributed by atoms with Gasteiger partial charge in [-0.05, 0) is 70.4 Å². The van der Waals surface area contributed by atoms with Crippen LogP contribution >= 0.6 is 0 Å². The van der Waals surface area contributed by atoms with Crippen LogP contribution < -0.4 is 4.90 Å². The van der Waals surface area contributed by atoms with Gasteiger partial charge in [0.1, 0.15) is 16.7 Å². The van der Waals surface area contributed by atoms with Crippen LogP contribution in [-0.4, -0.2) is 4.98 Å². The SMILES string of the molecule is c1ccc(-c2nc3c(-c4ccc(N(c5ccc6ccccc6c5)c5ccccc5-c5ccccc5)cc4)c4c(cc3o2)oc2ccccc24)cc1. The van der Waals surface area contributed by atoms with Crippen molar-refractivity contribution in [2.24, 2.45) is 0 Å². The normalized spacial score (nSPS) is 11.5. The molecule has 0 saturated heterocycles. The van der Waals surface area contributed by atoms with Gasteiger partial charge in [-0.15, -0.1) is 0 Å². The number of hydrogen-bond donors (Lipinski definition) is 0. The highest BCUT2D eigenvalue weighted by Crippen LogP contribution is 2.45. The third-order valence-corrected chi connectivity index (χ3v) is 9.68. The van der Waals surface area contributed by atoms with Gasteiger partial charge in [0.2, 0.25) is 5.89 Å². The minimum absolute atomic E-state index is 0.584. The molecular formula is C47H30N2O2. The van der Waals surface area contributed by atoms with Crippen LogP contribution in [0.5, 0.6) is 0 Å². The summed E-state index contributed by atoms with van der Waals surface area (Å²) < 4.78 is 12.8. The Bertz CT molecular complexity index is 2850. The lowest BCUT2D eigenvalue weighted by molar-refractivity contribution is 0.617. The van der Waals surface area contributed by atoms with E-state index >= 15 is 0 Å². The van der Waals surface area contributed by atoms with E-state index in [2.05, 4.69) is 138 Å². The molecule has 0 atom stereocenters. The zero-order chi connectivity index (χ0) is 33.7. The van der Waals surface area contributed by atoms with Crippen molar-refractivity contribution in [1.29, 1.82) is 0 Å². The molecule has 0 fully saturated rings. The molecule has 2 heterocycles. The van der Waals surface area contributed by atoms with Gasteiger partial charge in [-0.2, -0.15) is 0 Å². The van der Waals surface area contributed by atoms with Gasteiger partial charge < -0.3 is 13.7 Å². The van der Waals surface area contributed by atoms with E-state index in [-0.39, 0.29) is 0 Å². The zero-order valence-electron chi connectivity index (χ0n) is 27.5. The average molecular weight is 655 g/mol. The summed E-state index contributed by atoms with van der Waals surface area (Å²) in [6, 6.07) is 63.4. The molecule has 4 nitrogen and oxygen atoms in total. The number of benzene rings is 8. The highest BCUT2D eigenvalue weighted by Gasteiger charge is 2.22. The molecule has 0 radical (unpaired) electrons. The average Bonchev–Trinajstić information content (AvgIpc) is 3.80. The second kappa shape index (κ2) is 11.9. The van der Waals surface area contributed by atoms with Crippen molar-refractivity contribution in [2.45, 2.75) is 0 Å². The Labute approximate surface area is 294 Å². The first-order valence-corrected chi connectivity index (χ1v) is 17.1. The molecular weight excluding hydrogens is 625 g/mol. The van der Waals surface area contributed by atoms with Crippen molar-refractivity contribution in [3.63, 3.8) is 0 Å². The second-order valence-corrected chi connectivity index (χ2v) is 12.8. The van der Waals surface area contributed by atoms with Crippen molar-refractivity contribution >= 4 is 60.9 Å². The Morgan fingerprint density at radius 1 is 0.431 bits per heavy atom. The van der Waals surface area contributed by atoms with Crippen molar-refractivity contribution in [3.8, 4) is 33.7 Å². The molecule has 2 aromatic heterocycles. The van der Waals surface area contributed by atoms with E-state index in [1.165, 1.54) is 10.8 Å². The van der Waals surface area contributed by atoms with Crippen molar-refractivity contribution in [2.75, 3.05) is 4.90 Å². The zero-order valence-corrected chi connectivity index (χ0v) is 27.5. The number of aromatic nitrogens is 1. The molecule has 0 unspecified atom stereocenters. The fourth-order valence-electron chi connectivity index (χ4n) is 7.31. The number of para-hydroxylation sites is 2. The van der Waals surface area contributed by atoms with Gasteiger partial charge in [0.15, 0.2) is 5.58 Å². The number of nitrogens with zero attached hydrogens (tertiary/aromatic N) is 2. The van der Waals surface area contributed by atoms with Crippen LogP contribution in [0.2, 0.25) is 0 Å². The third-order valence-electron chi connectivity index (χ3n) is 9.68. The van der Waals surface area contributed by atoms with Crippen LogP contribution in [0.1, 0.15) is 0 Å². The summed E-state index contributed by atoms with van der Waals surface area (Å²) in [5.74, 6) is 0.584. The second-order valence-electron chi connectivity index (χ2n) is 12.8. The monoisotopic (exact) mass is 654 g/mol. The molecule has 0 aliphatic rings. The lowest BCUT2D eigenvalue weighted by Crippen LogP contribution is -2.11. The van der Waals surface area contributed by atoms with Gasteiger partial charge >= 0.3 is 0 Å². The number of hydrogen-bond acceptors (Lipinski definition) is 4. The quantitative estimate of drug-likeness (QED) is 0.179. The molecule has 0 bridgehead atoms. The van der Waals surface area contributed by atoms with Crippen LogP contribution in [0.3, 0.4) is 0 Å². The molecule has 0 amide bonds. The van der Waals surface area contributed by atoms with E-state index in [1.807, 2.05) is 48.5 Å². The van der Waals surface area contributed by atoms with E-state index in [4.69, 9.17) is 13.8 Å². The molecule has 0 saturated carbocycles. The number of oxazole rings is 1. The number of anilines is 3. The summed E-state index contributed by atoms with van der Waals surface area (Å²) in [4.78, 5) is 7.46. The minimum Gasteiger partial charge on any atom is -0.456 e. The molecule has 4 heteroatoms. The minimum atomic E-state index is 0.584. The fourth-order valence-corrected chi connectivity index (χ4v) is 7.31. The van der Waals surface area contributed by atoms with Gasteiger partial charge in [0.05, 0.1) is 5.69 Å². The number of furan rings is 1. The Hall–Kier alpha value is -6.91. The van der Waals surface area contributed by atoms with Crippen LogP contribution in [0.25, 0.3) is 77.5 Å². The van der Waals surface area contributed by atoms with Crippen LogP contribution in [0.15, 0.2) is 191 Å². The smallest absolute Gasteiger partial charge is 0.227 e. The summed E-state index contributed by atoms with van der Waals surface area (Å²) in [6.45, 7) is 0. The van der Waals surface area contributed by atoms with Gasteiger partial charge in [-0.3, -0.25) is 0 Å². The van der Waals surface area contributed by atoms with Gasteiger partial charge in [-0.25, -0.2) is 4.98 Å². The highest BCUT2D eigenvalue weighted by atomic mass is 16.4. The van der Waals surface area contributed by atoms with Crippen molar-refractivity contribution < 1.29 is 8.83 Å². The molecule has 10 rings (SSSR count). The summed E-state index contributed by atoms with van der Waals surface area (Å²) in [7, 11) is 0. The van der Waals surface area contributed by atoms with Crippen molar-refractivity contribution in [1.82, 2.24) is 4.98 Å². The lowest BCUT2D eigenvalue weighted by Gasteiger charge is -2.28. The maximum absolute atomic E-state index is 6.41. The predicted molar refractivity (Wildman–Crippen MR) is 210 cm³/mol. The van der Waals surface area contributed by atoms with E-state index in [0.29, 0.717) is 11.5 Å². The first-order chi connectivity index (χ1) is 25.3. The first-order valence-electron chi connectivity index (χ1n) is 17.1. The van der Waals surface area contributed by atoms with Gasteiger partial charge in [0, 0.05) is 44.9 Å². The molecule has 0 N–H and O–H groups in total. The third kappa shape index (κ3) is 4.96.